The van der Waals surface area contributed by atoms with E-state index >= 15 is 0 Å². The van der Waals surface area contributed by atoms with Gasteiger partial charge in [0.05, 0.1) is 11.2 Å². The number of anilines is 1. The van der Waals surface area contributed by atoms with Crippen LogP contribution in [-0.2, 0) is 11.2 Å². The maximum Gasteiger partial charge on any atom is 0.354 e. The van der Waals surface area contributed by atoms with Gasteiger partial charge in [0.1, 0.15) is 0 Å². The van der Waals surface area contributed by atoms with E-state index in [4.69, 9.17) is 5.11 Å². The topological polar surface area (TPSA) is 79.3 Å². The molecule has 5 heteroatoms. The molecule has 98 valence electrons. The summed E-state index contributed by atoms with van der Waals surface area (Å²) in [5.74, 6) is -1.36. The molecule has 1 aromatic carbocycles. The van der Waals surface area contributed by atoms with E-state index in [2.05, 4.69) is 10.3 Å². The SMILES string of the molecule is CCc1cccc2c(NC(C)=O)cc(C(=O)O)nc12. The zero-order valence-electron chi connectivity index (χ0n) is 10.7. The Morgan fingerprint density at radius 2 is 2.11 bits per heavy atom. The van der Waals surface area contributed by atoms with Crippen LogP contribution in [-0.4, -0.2) is 22.0 Å². The minimum absolute atomic E-state index is 0.0721. The van der Waals surface area contributed by atoms with Crippen LogP contribution in [0.2, 0.25) is 0 Å². The van der Waals surface area contributed by atoms with Crippen molar-refractivity contribution in [2.75, 3.05) is 5.32 Å². The van der Waals surface area contributed by atoms with E-state index in [1.165, 1.54) is 13.0 Å². The summed E-state index contributed by atoms with van der Waals surface area (Å²) in [7, 11) is 0. The number of aryl methyl sites for hydroxylation is 1. The number of carbonyl (C=O) groups is 2. The molecule has 0 fully saturated rings. The maximum atomic E-state index is 11.2. The molecule has 0 unspecified atom stereocenters. The van der Waals surface area contributed by atoms with E-state index in [1.54, 1.807) is 0 Å². The number of carboxylic acid groups (broad SMARTS) is 1. The number of aromatic nitrogens is 1. The number of pyridine rings is 1. The van der Waals surface area contributed by atoms with Gasteiger partial charge in [-0.15, -0.1) is 0 Å². The minimum Gasteiger partial charge on any atom is -0.477 e. The molecule has 0 spiro atoms. The molecule has 0 aliphatic rings. The second-order valence-corrected chi connectivity index (χ2v) is 4.21. The van der Waals surface area contributed by atoms with Gasteiger partial charge in [-0.05, 0) is 18.1 Å². The van der Waals surface area contributed by atoms with Gasteiger partial charge < -0.3 is 10.4 Å². The summed E-state index contributed by atoms with van der Waals surface area (Å²) in [6, 6.07) is 6.97. The number of rotatable bonds is 3. The third-order valence-corrected chi connectivity index (χ3v) is 2.83. The summed E-state index contributed by atoms with van der Waals surface area (Å²) >= 11 is 0. The number of fused-ring (bicyclic) bond motifs is 1. The average molecular weight is 258 g/mol. The fourth-order valence-electron chi connectivity index (χ4n) is 2.00. The van der Waals surface area contributed by atoms with Gasteiger partial charge in [-0.1, -0.05) is 25.1 Å². The van der Waals surface area contributed by atoms with Crippen LogP contribution >= 0.6 is 0 Å². The van der Waals surface area contributed by atoms with Gasteiger partial charge in [0.15, 0.2) is 5.69 Å². The molecule has 5 nitrogen and oxygen atoms in total. The van der Waals surface area contributed by atoms with Gasteiger partial charge in [0.2, 0.25) is 5.91 Å². The van der Waals surface area contributed by atoms with Crippen LogP contribution in [0.15, 0.2) is 24.3 Å². The standard InChI is InChI=1S/C14H14N2O3/c1-3-9-5-4-6-10-11(15-8(2)17)7-12(14(18)19)16-13(9)10/h4-7H,3H2,1-2H3,(H,18,19)(H,15,16,17). The number of benzene rings is 1. The molecule has 0 aliphatic carbocycles. The van der Waals surface area contributed by atoms with Crippen LogP contribution in [0.4, 0.5) is 5.69 Å². The Hall–Kier alpha value is -2.43. The Morgan fingerprint density at radius 1 is 1.37 bits per heavy atom. The molecule has 2 rings (SSSR count). The van der Waals surface area contributed by atoms with Crippen LogP contribution in [0.25, 0.3) is 10.9 Å². The fraction of sp³-hybridized carbons (Fsp3) is 0.214. The number of carbonyl (C=O) groups excluding carboxylic acids is 1. The van der Waals surface area contributed by atoms with Crippen molar-refractivity contribution < 1.29 is 14.7 Å². The quantitative estimate of drug-likeness (QED) is 0.886. The lowest BCUT2D eigenvalue weighted by Gasteiger charge is -2.10. The Balaban J connectivity index is 2.77. The first kappa shape index (κ1) is 13.0. The van der Waals surface area contributed by atoms with Crippen LogP contribution < -0.4 is 5.32 Å². The summed E-state index contributed by atoms with van der Waals surface area (Å²) in [6.07, 6.45) is 0.743. The van der Waals surface area contributed by atoms with E-state index in [0.717, 1.165) is 17.4 Å². The number of hydrogen-bond acceptors (Lipinski definition) is 3. The number of hydrogen-bond donors (Lipinski definition) is 2. The van der Waals surface area contributed by atoms with Gasteiger partial charge in [-0.25, -0.2) is 9.78 Å². The number of amides is 1. The normalized spacial score (nSPS) is 10.4. The molecule has 2 aromatic rings. The second kappa shape index (κ2) is 5.06. The Kier molecular flexibility index (Phi) is 3.46. The van der Waals surface area contributed by atoms with Crippen molar-refractivity contribution in [3.8, 4) is 0 Å². The lowest BCUT2D eigenvalue weighted by atomic mass is 10.1. The van der Waals surface area contributed by atoms with Crippen LogP contribution in [0, 0.1) is 0 Å². The lowest BCUT2D eigenvalue weighted by Crippen LogP contribution is -2.09. The van der Waals surface area contributed by atoms with Crippen molar-refractivity contribution in [1.29, 1.82) is 0 Å². The highest BCUT2D eigenvalue weighted by atomic mass is 16.4. The van der Waals surface area contributed by atoms with Crippen molar-refractivity contribution >= 4 is 28.5 Å². The van der Waals surface area contributed by atoms with E-state index in [-0.39, 0.29) is 11.6 Å². The molecule has 1 heterocycles. The Labute approximate surface area is 110 Å². The van der Waals surface area contributed by atoms with Gasteiger partial charge >= 0.3 is 5.97 Å². The molecule has 0 bridgehead atoms. The van der Waals surface area contributed by atoms with Crippen LogP contribution in [0.5, 0.6) is 0 Å². The van der Waals surface area contributed by atoms with Crippen molar-refractivity contribution in [2.45, 2.75) is 20.3 Å². The third-order valence-electron chi connectivity index (χ3n) is 2.83. The predicted molar refractivity (Wildman–Crippen MR) is 72.4 cm³/mol. The summed E-state index contributed by atoms with van der Waals surface area (Å²) in [4.78, 5) is 26.5. The van der Waals surface area contributed by atoms with Gasteiger partial charge in [0.25, 0.3) is 0 Å². The molecule has 19 heavy (non-hydrogen) atoms. The van der Waals surface area contributed by atoms with Gasteiger partial charge in [-0.2, -0.15) is 0 Å². The number of nitrogens with one attached hydrogen (secondary N) is 1. The van der Waals surface area contributed by atoms with Crippen molar-refractivity contribution in [3.05, 3.63) is 35.5 Å². The van der Waals surface area contributed by atoms with Gasteiger partial charge in [-0.3, -0.25) is 4.79 Å². The molecule has 0 saturated carbocycles. The molecule has 0 atom stereocenters. The van der Waals surface area contributed by atoms with Crippen LogP contribution in [0.1, 0.15) is 29.9 Å². The molecule has 0 aliphatic heterocycles. The number of para-hydroxylation sites is 1. The molecule has 1 aromatic heterocycles. The minimum atomic E-state index is -1.11. The van der Waals surface area contributed by atoms with E-state index in [0.29, 0.717) is 11.2 Å². The average Bonchev–Trinajstić information content (AvgIpc) is 2.37. The monoisotopic (exact) mass is 258 g/mol. The molecule has 0 saturated heterocycles. The zero-order chi connectivity index (χ0) is 14.0. The maximum absolute atomic E-state index is 11.2. The smallest absolute Gasteiger partial charge is 0.354 e. The van der Waals surface area contributed by atoms with Crippen LogP contribution in [0.3, 0.4) is 0 Å². The van der Waals surface area contributed by atoms with E-state index < -0.39 is 5.97 Å². The Morgan fingerprint density at radius 3 is 2.68 bits per heavy atom. The number of nitrogens with zero attached hydrogens (tertiary/aromatic N) is 1. The molecule has 1 amide bonds. The first-order chi connectivity index (χ1) is 9.02. The lowest BCUT2D eigenvalue weighted by molar-refractivity contribution is -0.114. The highest BCUT2D eigenvalue weighted by molar-refractivity contribution is 6.03. The highest BCUT2D eigenvalue weighted by Crippen LogP contribution is 2.26. The molecular formula is C14H14N2O3. The zero-order valence-corrected chi connectivity index (χ0v) is 10.7. The van der Waals surface area contributed by atoms with Crippen molar-refractivity contribution in [2.24, 2.45) is 0 Å². The first-order valence-electron chi connectivity index (χ1n) is 5.96. The first-order valence-corrected chi connectivity index (χ1v) is 5.96. The fourth-order valence-corrected chi connectivity index (χ4v) is 2.00. The molecule has 2 N–H and O–H groups in total. The van der Waals surface area contributed by atoms with Crippen molar-refractivity contribution in [3.63, 3.8) is 0 Å². The largest absolute Gasteiger partial charge is 0.477 e. The van der Waals surface area contributed by atoms with E-state index in [9.17, 15) is 9.59 Å². The van der Waals surface area contributed by atoms with Gasteiger partial charge in [0, 0.05) is 12.3 Å². The second-order valence-electron chi connectivity index (χ2n) is 4.21. The summed E-state index contributed by atoms with van der Waals surface area (Å²) in [6.45, 7) is 3.36. The predicted octanol–water partition coefficient (Wildman–Crippen LogP) is 2.45. The third kappa shape index (κ3) is 2.54. The highest BCUT2D eigenvalue weighted by Gasteiger charge is 2.13. The number of carboxylic acids is 1. The number of aromatic carboxylic acids is 1. The summed E-state index contributed by atoms with van der Waals surface area (Å²) in [5.41, 5.74) is 1.98. The summed E-state index contributed by atoms with van der Waals surface area (Å²) in [5, 5.41) is 12.5. The molecular weight excluding hydrogens is 244 g/mol. The Bertz CT molecular complexity index is 665. The van der Waals surface area contributed by atoms with E-state index in [1.807, 2.05) is 25.1 Å². The van der Waals surface area contributed by atoms with Crippen molar-refractivity contribution in [1.82, 2.24) is 4.98 Å². The molecule has 0 radical (unpaired) electrons. The summed E-state index contributed by atoms with van der Waals surface area (Å²) < 4.78 is 0.